The number of hydrogen-bond donors (Lipinski definition) is 2. The zero-order chi connectivity index (χ0) is 14.4. The van der Waals surface area contributed by atoms with Gasteiger partial charge in [0.15, 0.2) is 0 Å². The number of carbonyl (C=O) groups excluding carboxylic acids is 1. The van der Waals surface area contributed by atoms with Crippen LogP contribution in [0.15, 0.2) is 54.6 Å². The molecule has 1 unspecified atom stereocenters. The van der Waals surface area contributed by atoms with Gasteiger partial charge in [0.2, 0.25) is 0 Å². The number of nitrogens with one attached hydrogen (secondary N) is 2. The zero-order valence-corrected chi connectivity index (χ0v) is 11.9. The van der Waals surface area contributed by atoms with Gasteiger partial charge < -0.3 is 10.6 Å². The Morgan fingerprint density at radius 2 is 1.70 bits per heavy atom. The topological polar surface area (TPSA) is 41.1 Å². The average Bonchev–Trinajstić information content (AvgIpc) is 2.53. The molecule has 0 aliphatic rings. The fraction of sp³-hybridized carbons (Fsp3) is 0.235. The van der Waals surface area contributed by atoms with Crippen molar-refractivity contribution in [2.45, 2.75) is 12.8 Å². The predicted molar refractivity (Wildman–Crippen MR) is 83.2 cm³/mol. The van der Waals surface area contributed by atoms with Crippen molar-refractivity contribution in [3.05, 3.63) is 65.7 Å². The summed E-state index contributed by atoms with van der Waals surface area (Å²) >= 11 is 0. The summed E-state index contributed by atoms with van der Waals surface area (Å²) in [4.78, 5) is 11.4. The van der Waals surface area contributed by atoms with Crippen LogP contribution in [-0.2, 0) is 0 Å². The quantitative estimate of drug-likeness (QED) is 0.874. The van der Waals surface area contributed by atoms with Crippen LogP contribution in [0.2, 0.25) is 0 Å². The maximum absolute atomic E-state index is 11.4. The van der Waals surface area contributed by atoms with Crippen molar-refractivity contribution < 1.29 is 4.79 Å². The van der Waals surface area contributed by atoms with Crippen molar-refractivity contribution in [2.24, 2.45) is 0 Å². The third-order valence-corrected chi connectivity index (χ3v) is 3.36. The van der Waals surface area contributed by atoms with Gasteiger partial charge in [-0.1, -0.05) is 37.3 Å². The first-order valence-electron chi connectivity index (χ1n) is 6.81. The smallest absolute Gasteiger partial charge is 0.251 e. The Hall–Kier alpha value is -2.29. The van der Waals surface area contributed by atoms with Gasteiger partial charge in [-0.05, 0) is 35.7 Å². The number of amides is 1. The summed E-state index contributed by atoms with van der Waals surface area (Å²) in [6.45, 7) is 3.06. The minimum Gasteiger partial charge on any atom is -0.384 e. The Morgan fingerprint density at radius 3 is 2.30 bits per heavy atom. The molecule has 2 aromatic rings. The lowest BCUT2D eigenvalue weighted by atomic mass is 10.0. The van der Waals surface area contributed by atoms with Crippen LogP contribution in [0, 0.1) is 0 Å². The molecule has 0 radical (unpaired) electrons. The maximum Gasteiger partial charge on any atom is 0.251 e. The van der Waals surface area contributed by atoms with E-state index in [1.807, 2.05) is 30.3 Å². The van der Waals surface area contributed by atoms with Crippen LogP contribution in [0.3, 0.4) is 0 Å². The lowest BCUT2D eigenvalue weighted by Gasteiger charge is -2.14. The van der Waals surface area contributed by atoms with E-state index in [0.717, 1.165) is 12.2 Å². The van der Waals surface area contributed by atoms with E-state index < -0.39 is 0 Å². The number of hydrogen-bond acceptors (Lipinski definition) is 2. The van der Waals surface area contributed by atoms with Gasteiger partial charge >= 0.3 is 0 Å². The molecule has 0 aliphatic heterocycles. The summed E-state index contributed by atoms with van der Waals surface area (Å²) in [5.41, 5.74) is 3.02. The molecule has 0 spiro atoms. The average molecular weight is 268 g/mol. The van der Waals surface area contributed by atoms with E-state index in [9.17, 15) is 4.79 Å². The van der Waals surface area contributed by atoms with Crippen molar-refractivity contribution in [1.82, 2.24) is 5.32 Å². The van der Waals surface area contributed by atoms with Crippen LogP contribution >= 0.6 is 0 Å². The fourth-order valence-electron chi connectivity index (χ4n) is 2.05. The second-order valence-electron chi connectivity index (χ2n) is 4.85. The standard InChI is InChI=1S/C17H20N2O/c1-13(14-6-4-3-5-7-14)12-19-16-10-8-15(9-11-16)17(20)18-2/h3-11,13,19H,12H2,1-2H3,(H,18,20). The van der Waals surface area contributed by atoms with Gasteiger partial charge in [0.05, 0.1) is 0 Å². The van der Waals surface area contributed by atoms with E-state index in [1.54, 1.807) is 7.05 Å². The van der Waals surface area contributed by atoms with Crippen LogP contribution in [-0.4, -0.2) is 19.5 Å². The van der Waals surface area contributed by atoms with Gasteiger partial charge in [0.1, 0.15) is 0 Å². The zero-order valence-electron chi connectivity index (χ0n) is 11.9. The molecule has 2 rings (SSSR count). The minimum absolute atomic E-state index is 0.0609. The van der Waals surface area contributed by atoms with Gasteiger partial charge in [-0.2, -0.15) is 0 Å². The van der Waals surface area contributed by atoms with Crippen LogP contribution in [0.25, 0.3) is 0 Å². The van der Waals surface area contributed by atoms with Crippen molar-refractivity contribution in [1.29, 1.82) is 0 Å². The molecule has 1 atom stereocenters. The summed E-state index contributed by atoms with van der Waals surface area (Å²) in [5, 5.41) is 6.01. The summed E-state index contributed by atoms with van der Waals surface area (Å²) in [6, 6.07) is 17.9. The second-order valence-corrected chi connectivity index (χ2v) is 4.85. The van der Waals surface area contributed by atoms with E-state index in [-0.39, 0.29) is 5.91 Å². The van der Waals surface area contributed by atoms with Crippen molar-refractivity contribution >= 4 is 11.6 Å². The molecule has 104 valence electrons. The van der Waals surface area contributed by atoms with Crippen molar-refractivity contribution in [2.75, 3.05) is 18.9 Å². The van der Waals surface area contributed by atoms with E-state index in [2.05, 4.69) is 41.8 Å². The number of benzene rings is 2. The van der Waals surface area contributed by atoms with Gasteiger partial charge in [-0.3, -0.25) is 4.79 Å². The number of carbonyl (C=O) groups is 1. The third kappa shape index (κ3) is 3.60. The first-order valence-corrected chi connectivity index (χ1v) is 6.81. The molecule has 2 N–H and O–H groups in total. The van der Waals surface area contributed by atoms with Gasteiger partial charge in [0.25, 0.3) is 5.91 Å². The first-order chi connectivity index (χ1) is 9.70. The predicted octanol–water partition coefficient (Wildman–Crippen LogP) is 3.26. The lowest BCUT2D eigenvalue weighted by molar-refractivity contribution is 0.0963. The first kappa shape index (κ1) is 14.1. The normalized spacial score (nSPS) is 11.7. The SMILES string of the molecule is CNC(=O)c1ccc(NCC(C)c2ccccc2)cc1. The molecule has 0 aliphatic carbocycles. The molecule has 0 saturated heterocycles. The second kappa shape index (κ2) is 6.75. The number of anilines is 1. The van der Waals surface area contributed by atoms with Crippen LogP contribution < -0.4 is 10.6 Å². The molecule has 3 nitrogen and oxygen atoms in total. The summed E-state index contributed by atoms with van der Waals surface area (Å²) in [5.74, 6) is 0.379. The Kier molecular flexibility index (Phi) is 4.77. The Bertz CT molecular complexity index is 549. The monoisotopic (exact) mass is 268 g/mol. The van der Waals surface area contributed by atoms with Gasteiger partial charge in [0, 0.05) is 24.8 Å². The molecule has 20 heavy (non-hydrogen) atoms. The van der Waals surface area contributed by atoms with E-state index in [0.29, 0.717) is 11.5 Å². The van der Waals surface area contributed by atoms with Crippen molar-refractivity contribution in [3.8, 4) is 0 Å². The molecule has 2 aromatic carbocycles. The minimum atomic E-state index is -0.0609. The Balaban J connectivity index is 1.93. The Morgan fingerprint density at radius 1 is 1.05 bits per heavy atom. The van der Waals surface area contributed by atoms with Crippen LogP contribution in [0.1, 0.15) is 28.8 Å². The highest BCUT2D eigenvalue weighted by Gasteiger charge is 2.05. The lowest BCUT2D eigenvalue weighted by Crippen LogP contribution is -2.17. The highest BCUT2D eigenvalue weighted by molar-refractivity contribution is 5.94. The molecule has 0 fully saturated rings. The summed E-state index contributed by atoms with van der Waals surface area (Å²) in [6.07, 6.45) is 0. The van der Waals surface area contributed by atoms with Gasteiger partial charge in [-0.15, -0.1) is 0 Å². The highest BCUT2D eigenvalue weighted by atomic mass is 16.1. The molecule has 0 aromatic heterocycles. The van der Waals surface area contributed by atoms with Crippen LogP contribution in [0.5, 0.6) is 0 Å². The molecule has 0 bridgehead atoms. The molecular weight excluding hydrogens is 248 g/mol. The third-order valence-electron chi connectivity index (χ3n) is 3.36. The van der Waals surface area contributed by atoms with Crippen molar-refractivity contribution in [3.63, 3.8) is 0 Å². The molecule has 0 heterocycles. The molecule has 0 saturated carbocycles. The van der Waals surface area contributed by atoms with E-state index in [1.165, 1.54) is 5.56 Å². The largest absolute Gasteiger partial charge is 0.384 e. The van der Waals surface area contributed by atoms with Gasteiger partial charge in [-0.25, -0.2) is 0 Å². The maximum atomic E-state index is 11.4. The summed E-state index contributed by atoms with van der Waals surface area (Å²) < 4.78 is 0. The molecule has 3 heteroatoms. The van der Waals surface area contributed by atoms with E-state index in [4.69, 9.17) is 0 Å². The summed E-state index contributed by atoms with van der Waals surface area (Å²) in [7, 11) is 1.63. The molecule has 1 amide bonds. The van der Waals surface area contributed by atoms with Crippen LogP contribution in [0.4, 0.5) is 5.69 Å². The fourth-order valence-corrected chi connectivity index (χ4v) is 2.05. The van der Waals surface area contributed by atoms with E-state index >= 15 is 0 Å². The highest BCUT2D eigenvalue weighted by Crippen LogP contribution is 2.16. The number of rotatable bonds is 5. The Labute approximate surface area is 120 Å². The molecular formula is C17H20N2O.